The molecule has 0 fully saturated rings. The van der Waals surface area contributed by atoms with E-state index in [1.54, 1.807) is 25.0 Å². The number of carbonyl (C=O) groups is 8. The minimum atomic E-state index is -1.36. The van der Waals surface area contributed by atoms with Gasteiger partial charge in [0.1, 0.15) is 49.6 Å². The van der Waals surface area contributed by atoms with E-state index in [9.17, 15) is 48.6 Å². The number of alkyl carbamates (subject to hydrolysis) is 4. The molecule has 532 valence electrons. The van der Waals surface area contributed by atoms with Crippen molar-refractivity contribution in [3.05, 3.63) is 239 Å². The minimum absolute atomic E-state index is 0.0398. The predicted octanol–water partition coefficient (Wildman–Crippen LogP) is 14.1. The normalized spacial score (nSPS) is 14.3. The van der Waals surface area contributed by atoms with E-state index in [0.29, 0.717) is 11.5 Å². The lowest BCUT2D eigenvalue weighted by molar-refractivity contribution is -0.143. The predicted molar refractivity (Wildman–Crippen MR) is 401 cm³/mol. The summed E-state index contributed by atoms with van der Waals surface area (Å²) in [5.41, 5.74) is 15.4. The monoisotopic (exact) mass is 1460 g/mol. The highest BCUT2D eigenvalue weighted by Crippen LogP contribution is 2.48. The molecule has 12 rings (SSSR count). The number of aliphatic carboxylic acids is 4. The molecule has 0 saturated carbocycles. The summed E-state index contributed by atoms with van der Waals surface area (Å²) in [7, 11) is 0. The Bertz CT molecular complexity index is 3890. The van der Waals surface area contributed by atoms with Crippen LogP contribution in [-0.2, 0) is 38.1 Å². The first-order chi connectivity index (χ1) is 49.1. The van der Waals surface area contributed by atoms with Gasteiger partial charge in [-0.3, -0.25) is 0 Å². The van der Waals surface area contributed by atoms with E-state index < -0.39 is 71.4 Å². The Balaban J connectivity index is 0.000000158. The van der Waals surface area contributed by atoms with Gasteiger partial charge in [-0.1, -0.05) is 194 Å². The lowest BCUT2D eigenvalue weighted by Crippen LogP contribution is -2.54. The molecule has 102 heavy (non-hydrogen) atoms. The van der Waals surface area contributed by atoms with E-state index in [2.05, 4.69) is 69.8 Å². The van der Waals surface area contributed by atoms with Gasteiger partial charge in [-0.2, -0.15) is 47.0 Å². The molecule has 8 aromatic rings. The van der Waals surface area contributed by atoms with E-state index in [0.717, 1.165) is 89.0 Å². The Morgan fingerprint density at radius 1 is 0.333 bits per heavy atom. The Kier molecular flexibility index (Phi) is 26.7. The van der Waals surface area contributed by atoms with Crippen LogP contribution in [0.1, 0.15) is 82.0 Å². The van der Waals surface area contributed by atoms with Crippen LogP contribution in [0.3, 0.4) is 0 Å². The van der Waals surface area contributed by atoms with E-state index in [4.69, 9.17) is 29.2 Å². The summed E-state index contributed by atoms with van der Waals surface area (Å²) in [5, 5.41) is 46.7. The highest BCUT2D eigenvalue weighted by atomic mass is 32.2. The summed E-state index contributed by atoms with van der Waals surface area (Å²) in [6.07, 6.45) is 4.31. The van der Waals surface area contributed by atoms with Crippen LogP contribution in [0.4, 0.5) is 19.2 Å². The summed E-state index contributed by atoms with van der Waals surface area (Å²) < 4.78 is 21.5. The van der Waals surface area contributed by atoms with Crippen LogP contribution in [0.25, 0.3) is 44.5 Å². The van der Waals surface area contributed by atoms with Gasteiger partial charge >= 0.3 is 48.3 Å². The molecule has 0 spiro atoms. The molecule has 0 aliphatic heterocycles. The molecule has 0 saturated heterocycles. The summed E-state index contributed by atoms with van der Waals surface area (Å²) >= 11 is 5.41. The molecule has 24 heteroatoms. The first-order valence-corrected chi connectivity index (χ1v) is 38.1. The number of nitrogens with one attached hydrogen (secondary N) is 4. The number of fused-ring (bicyclic) bond motifs is 12. The van der Waals surface area contributed by atoms with Crippen molar-refractivity contribution < 1.29 is 77.7 Å². The van der Waals surface area contributed by atoms with Crippen LogP contribution in [0.2, 0.25) is 0 Å². The highest BCUT2D eigenvalue weighted by Gasteiger charge is 2.39. The molecule has 8 N–H and O–H groups in total. The number of carboxylic acid groups (broad SMARTS) is 4. The van der Waals surface area contributed by atoms with Crippen molar-refractivity contribution >= 4 is 95.3 Å². The molecule has 0 radical (unpaired) electrons. The average molecular weight is 1460 g/mol. The van der Waals surface area contributed by atoms with E-state index >= 15 is 0 Å². The first-order valence-electron chi connectivity index (χ1n) is 32.5. The number of amides is 4. The van der Waals surface area contributed by atoms with Crippen molar-refractivity contribution in [1.29, 1.82) is 0 Å². The Morgan fingerprint density at radius 2 is 0.529 bits per heavy atom. The van der Waals surface area contributed by atoms with Crippen LogP contribution < -0.4 is 21.3 Å². The van der Waals surface area contributed by atoms with Crippen molar-refractivity contribution in [1.82, 2.24) is 21.3 Å². The lowest BCUT2D eigenvalue weighted by atomic mass is 9.98. The van der Waals surface area contributed by atoms with Crippen LogP contribution in [-0.4, -0.2) is 166 Å². The molecule has 4 aliphatic rings. The van der Waals surface area contributed by atoms with Crippen molar-refractivity contribution in [2.45, 2.75) is 60.7 Å². The number of hydrogen-bond acceptors (Lipinski definition) is 16. The van der Waals surface area contributed by atoms with Crippen LogP contribution >= 0.6 is 47.0 Å². The van der Waals surface area contributed by atoms with Crippen LogP contribution in [0, 0.1) is 0 Å². The topological polar surface area (TPSA) is 303 Å². The zero-order valence-corrected chi connectivity index (χ0v) is 60.2. The van der Waals surface area contributed by atoms with Gasteiger partial charge in [0.15, 0.2) is 0 Å². The average Bonchev–Trinajstić information content (AvgIpc) is 1.64. The molecule has 4 atom stereocenters. The number of carbonyl (C=O) groups excluding carboxylic acids is 4. The molecule has 4 amide bonds. The maximum atomic E-state index is 12.2. The number of carboxylic acids is 4. The Hall–Kier alpha value is -9.88. The zero-order chi connectivity index (χ0) is 73.1. The van der Waals surface area contributed by atoms with E-state index in [1.807, 2.05) is 146 Å². The third-order valence-electron chi connectivity index (χ3n) is 17.8. The lowest BCUT2D eigenvalue weighted by Gasteiger charge is -2.25. The molecule has 0 unspecified atom stereocenters. The second kappa shape index (κ2) is 35.6. The van der Waals surface area contributed by atoms with Gasteiger partial charge in [0.05, 0.1) is 0 Å². The Labute approximate surface area is 608 Å². The maximum absolute atomic E-state index is 12.2. The number of benzene rings is 8. The third-order valence-corrected chi connectivity index (χ3v) is 20.9. The van der Waals surface area contributed by atoms with Crippen molar-refractivity contribution in [3.8, 4) is 44.5 Å². The van der Waals surface area contributed by atoms with Gasteiger partial charge in [-0.25, -0.2) is 38.4 Å². The van der Waals surface area contributed by atoms with Gasteiger partial charge in [0.25, 0.3) is 0 Å². The second-order valence-electron chi connectivity index (χ2n) is 24.7. The number of ether oxygens (including phenoxy) is 4. The van der Waals surface area contributed by atoms with Crippen LogP contribution in [0.5, 0.6) is 0 Å². The molecule has 20 nitrogen and oxygen atoms in total. The third kappa shape index (κ3) is 18.2. The van der Waals surface area contributed by atoms with Gasteiger partial charge in [-0.15, -0.1) is 0 Å². The van der Waals surface area contributed by atoms with Crippen LogP contribution in [0.15, 0.2) is 194 Å². The zero-order valence-electron chi connectivity index (χ0n) is 56.9. The summed E-state index contributed by atoms with van der Waals surface area (Å²) in [4.78, 5) is 93.6. The smallest absolute Gasteiger partial charge is 0.408 e. The highest BCUT2D eigenvalue weighted by molar-refractivity contribution is 7.99. The van der Waals surface area contributed by atoms with Crippen molar-refractivity contribution in [2.24, 2.45) is 0 Å². The molecule has 0 bridgehead atoms. The molecule has 4 aliphatic carbocycles. The van der Waals surface area contributed by atoms with Crippen molar-refractivity contribution in [2.75, 3.05) is 74.5 Å². The molecule has 8 aromatic carbocycles. The van der Waals surface area contributed by atoms with Crippen molar-refractivity contribution in [3.63, 3.8) is 0 Å². The minimum Gasteiger partial charge on any atom is -0.480 e. The fourth-order valence-electron chi connectivity index (χ4n) is 12.8. The maximum Gasteiger partial charge on any atom is 0.408 e. The first kappa shape index (κ1) is 76.3. The number of rotatable bonds is 24. The molecule has 0 aromatic heterocycles. The molecular formula is C78H80N4O16S4. The standard InChI is InChI=1S/2C20H21NO4S.2C19H19NO4S/c2*1-20(12-26-2,18(22)23)21-19(24)25-11-17-15-9-5-3-7-13(15)14-8-4-6-10-16(14)17;2*1-25-11-17(18(21)22)20-19(23)24-10-16-14-8-4-2-6-12(14)13-7-3-5-9-15(13)16/h2*3-10,17H,11-12H2,1-2H3,(H,21,24)(H,22,23);2*2-9,16-17H,10-11H2,1H3,(H,20,23)(H,21,22)/t2*20-;2*17-/m0000/s1. The second-order valence-corrected chi connectivity index (χ2v) is 28.2. The van der Waals surface area contributed by atoms with E-state index in [-0.39, 0.29) is 61.6 Å². The van der Waals surface area contributed by atoms with Gasteiger partial charge in [0.2, 0.25) is 0 Å². The fraction of sp³-hybridized carbons (Fsp3) is 0.282. The number of thioether (sulfide) groups is 4. The summed E-state index contributed by atoms with van der Waals surface area (Å²) in [6.45, 7) is 3.63. The SMILES string of the molecule is CSC[C@H](NC(=O)OCC1c2ccccc2-c2ccccc21)C(=O)O.CSC[C@H](NC(=O)OCC1c2ccccc2-c2ccccc21)C(=O)O.CSC[C@](C)(NC(=O)OCC1c2ccccc2-c2ccccc21)C(=O)O.CSC[C@](C)(NC(=O)OCC1c2ccccc2-c2ccccc21)C(=O)O. The van der Waals surface area contributed by atoms with Gasteiger partial charge in [0, 0.05) is 46.7 Å². The largest absolute Gasteiger partial charge is 0.480 e. The van der Waals surface area contributed by atoms with Gasteiger partial charge in [-0.05, 0) is 128 Å². The molecular weight excluding hydrogens is 1380 g/mol. The fourth-order valence-corrected chi connectivity index (χ4v) is 15.5. The quantitative estimate of drug-likeness (QED) is 0.0261. The van der Waals surface area contributed by atoms with E-state index in [1.165, 1.54) is 60.9 Å². The summed E-state index contributed by atoms with van der Waals surface area (Å²) in [5.74, 6) is -3.39. The molecule has 0 heterocycles. The van der Waals surface area contributed by atoms with Gasteiger partial charge < -0.3 is 60.6 Å². The number of hydrogen-bond donors (Lipinski definition) is 8. The summed E-state index contributed by atoms with van der Waals surface area (Å²) in [6, 6.07) is 62.6. The Morgan fingerprint density at radius 3 is 0.706 bits per heavy atom.